The topological polar surface area (TPSA) is 98.5 Å². The molecule has 1 rings (SSSR count). The highest BCUT2D eigenvalue weighted by Crippen LogP contribution is 2.12. The zero-order chi connectivity index (χ0) is 10.8. The summed E-state index contributed by atoms with van der Waals surface area (Å²) < 4.78 is 26.9. The molecule has 6 nitrogen and oxygen atoms in total. The number of primary sulfonamides is 1. The lowest BCUT2D eigenvalue weighted by atomic mass is 10.1. The van der Waals surface area contributed by atoms with Crippen LogP contribution in [0.5, 0.6) is 0 Å². The number of hydrogen-bond donors (Lipinski definition) is 2. The van der Waals surface area contributed by atoms with Crippen molar-refractivity contribution in [2.75, 3.05) is 13.1 Å². The Morgan fingerprint density at radius 2 is 2.14 bits per heavy atom. The number of carbonyl (C=O) groups is 1. The van der Waals surface area contributed by atoms with Crippen LogP contribution < -0.4 is 10.5 Å². The molecule has 2 atom stereocenters. The molecule has 0 bridgehead atoms. The molecule has 0 spiro atoms. The van der Waals surface area contributed by atoms with Gasteiger partial charge in [-0.05, 0) is 0 Å². The number of nitrogens with two attached hydrogens (primary N) is 1. The number of hydrogen-bond acceptors (Lipinski definition) is 5. The molecule has 0 aromatic carbocycles. The minimum Gasteiger partial charge on any atom is -0.461 e. The van der Waals surface area contributed by atoms with Gasteiger partial charge in [0.25, 0.3) is 0 Å². The van der Waals surface area contributed by atoms with Crippen LogP contribution in [0.1, 0.15) is 13.3 Å². The van der Waals surface area contributed by atoms with Gasteiger partial charge in [0.1, 0.15) is 6.10 Å². The molecule has 0 amide bonds. The first-order valence-electron chi connectivity index (χ1n) is 4.29. The number of esters is 1. The Morgan fingerprint density at radius 1 is 1.50 bits per heavy atom. The standard InChI is InChI=1S/C7H14N2O4S/c1-5(10)13-6-2-7(4-9-3-6)14(8,11)12/h6-7,9H,2-4H2,1H3,(H2,8,11,12)/t6-,7+/m1/s1. The van der Waals surface area contributed by atoms with Crippen molar-refractivity contribution >= 4 is 16.0 Å². The maximum absolute atomic E-state index is 11.0. The predicted molar refractivity (Wildman–Crippen MR) is 49.9 cm³/mol. The zero-order valence-electron chi connectivity index (χ0n) is 7.89. The van der Waals surface area contributed by atoms with E-state index in [0.717, 1.165) is 0 Å². The van der Waals surface area contributed by atoms with Crippen molar-refractivity contribution in [3.05, 3.63) is 0 Å². The van der Waals surface area contributed by atoms with E-state index in [0.29, 0.717) is 13.1 Å². The molecule has 1 aliphatic rings. The van der Waals surface area contributed by atoms with Gasteiger partial charge in [-0.3, -0.25) is 4.79 Å². The molecule has 0 aromatic heterocycles. The molecule has 0 radical (unpaired) electrons. The second-order valence-corrected chi connectivity index (χ2v) is 5.18. The van der Waals surface area contributed by atoms with Crippen LogP contribution in [0.4, 0.5) is 0 Å². The third-order valence-electron chi connectivity index (χ3n) is 2.07. The lowest BCUT2D eigenvalue weighted by Gasteiger charge is -2.27. The normalized spacial score (nSPS) is 28.4. The zero-order valence-corrected chi connectivity index (χ0v) is 8.71. The summed E-state index contributed by atoms with van der Waals surface area (Å²) in [6, 6.07) is 0. The maximum Gasteiger partial charge on any atom is 0.302 e. The minimum atomic E-state index is -3.55. The molecule has 3 N–H and O–H groups in total. The van der Waals surface area contributed by atoms with Crippen LogP contribution in [0.15, 0.2) is 0 Å². The highest BCUT2D eigenvalue weighted by molar-refractivity contribution is 7.89. The first kappa shape index (κ1) is 11.4. The molecule has 0 aromatic rings. The van der Waals surface area contributed by atoms with Gasteiger partial charge in [0.15, 0.2) is 0 Å². The van der Waals surface area contributed by atoms with Crippen molar-refractivity contribution < 1.29 is 17.9 Å². The van der Waals surface area contributed by atoms with Crippen molar-refractivity contribution in [3.63, 3.8) is 0 Å². The summed E-state index contributed by atoms with van der Waals surface area (Å²) in [6.07, 6.45) is -0.129. The fourth-order valence-corrected chi connectivity index (χ4v) is 2.27. The first-order valence-corrected chi connectivity index (χ1v) is 5.90. The van der Waals surface area contributed by atoms with Crippen LogP contribution >= 0.6 is 0 Å². The molecule has 14 heavy (non-hydrogen) atoms. The van der Waals surface area contributed by atoms with Gasteiger partial charge in [-0.15, -0.1) is 0 Å². The van der Waals surface area contributed by atoms with E-state index in [4.69, 9.17) is 9.88 Å². The number of rotatable bonds is 2. The SMILES string of the molecule is CC(=O)O[C@H]1CNC[C@@H](S(N)(=O)=O)C1. The highest BCUT2D eigenvalue weighted by Gasteiger charge is 2.30. The Bertz CT molecular complexity index is 314. The van der Waals surface area contributed by atoms with E-state index in [-0.39, 0.29) is 6.42 Å². The molecule has 7 heteroatoms. The van der Waals surface area contributed by atoms with Crippen LogP contribution in [0.25, 0.3) is 0 Å². The summed E-state index contributed by atoms with van der Waals surface area (Å²) >= 11 is 0. The molecule has 1 fully saturated rings. The number of piperidine rings is 1. The van der Waals surface area contributed by atoms with Gasteiger partial charge in [-0.1, -0.05) is 0 Å². The molecule has 0 saturated carbocycles. The molecule has 1 aliphatic heterocycles. The Hall–Kier alpha value is -0.660. The second kappa shape index (κ2) is 4.24. The van der Waals surface area contributed by atoms with E-state index in [2.05, 4.69) is 5.32 Å². The van der Waals surface area contributed by atoms with Gasteiger partial charge in [0, 0.05) is 26.4 Å². The number of ether oxygens (including phenoxy) is 1. The summed E-state index contributed by atoms with van der Waals surface area (Å²) in [6.45, 7) is 2.09. The van der Waals surface area contributed by atoms with Gasteiger partial charge in [-0.25, -0.2) is 13.6 Å². The smallest absolute Gasteiger partial charge is 0.302 e. The third-order valence-corrected chi connectivity index (χ3v) is 3.36. The van der Waals surface area contributed by atoms with E-state index < -0.39 is 27.3 Å². The van der Waals surface area contributed by atoms with Gasteiger partial charge in [-0.2, -0.15) is 0 Å². The lowest BCUT2D eigenvalue weighted by molar-refractivity contribution is -0.146. The Morgan fingerprint density at radius 3 is 2.64 bits per heavy atom. The van der Waals surface area contributed by atoms with Gasteiger partial charge in [0.05, 0.1) is 5.25 Å². The quantitative estimate of drug-likeness (QED) is 0.558. The van der Waals surface area contributed by atoms with E-state index in [1.807, 2.05) is 0 Å². The van der Waals surface area contributed by atoms with Crippen LogP contribution in [-0.2, 0) is 19.6 Å². The number of nitrogens with one attached hydrogen (secondary N) is 1. The van der Waals surface area contributed by atoms with E-state index in [1.54, 1.807) is 0 Å². The second-order valence-electron chi connectivity index (χ2n) is 3.34. The monoisotopic (exact) mass is 222 g/mol. The van der Waals surface area contributed by atoms with Crippen LogP contribution in [-0.4, -0.2) is 38.8 Å². The average molecular weight is 222 g/mol. The van der Waals surface area contributed by atoms with Crippen LogP contribution in [0.3, 0.4) is 0 Å². The number of carbonyl (C=O) groups excluding carboxylic acids is 1. The Balaban J connectivity index is 2.56. The molecular formula is C7H14N2O4S. The molecular weight excluding hydrogens is 208 g/mol. The molecule has 1 saturated heterocycles. The Labute approximate surface area is 82.8 Å². The van der Waals surface area contributed by atoms with Crippen molar-refractivity contribution in [1.82, 2.24) is 5.32 Å². The fourth-order valence-electron chi connectivity index (χ4n) is 1.44. The maximum atomic E-state index is 11.0. The van der Waals surface area contributed by atoms with Crippen molar-refractivity contribution in [2.24, 2.45) is 5.14 Å². The summed E-state index contributed by atoms with van der Waals surface area (Å²) in [4.78, 5) is 10.6. The summed E-state index contributed by atoms with van der Waals surface area (Å²) in [5, 5.41) is 7.19. The van der Waals surface area contributed by atoms with Crippen molar-refractivity contribution in [1.29, 1.82) is 0 Å². The minimum absolute atomic E-state index is 0.269. The summed E-state index contributed by atoms with van der Waals surface area (Å²) in [5.74, 6) is -0.410. The van der Waals surface area contributed by atoms with Gasteiger partial charge in [0.2, 0.25) is 10.0 Å². The fraction of sp³-hybridized carbons (Fsp3) is 0.857. The molecule has 0 aliphatic carbocycles. The largest absolute Gasteiger partial charge is 0.461 e. The molecule has 82 valence electrons. The van der Waals surface area contributed by atoms with E-state index >= 15 is 0 Å². The molecule has 0 unspecified atom stereocenters. The number of sulfonamides is 1. The highest BCUT2D eigenvalue weighted by atomic mass is 32.2. The van der Waals surface area contributed by atoms with E-state index in [1.165, 1.54) is 6.92 Å². The lowest BCUT2D eigenvalue weighted by Crippen LogP contribution is -2.49. The summed E-state index contributed by atoms with van der Waals surface area (Å²) in [5.41, 5.74) is 0. The Kier molecular flexibility index (Phi) is 3.46. The van der Waals surface area contributed by atoms with Crippen LogP contribution in [0, 0.1) is 0 Å². The van der Waals surface area contributed by atoms with Crippen LogP contribution in [0.2, 0.25) is 0 Å². The van der Waals surface area contributed by atoms with E-state index in [9.17, 15) is 13.2 Å². The van der Waals surface area contributed by atoms with Gasteiger partial charge < -0.3 is 10.1 Å². The van der Waals surface area contributed by atoms with Crippen molar-refractivity contribution in [3.8, 4) is 0 Å². The summed E-state index contributed by atoms with van der Waals surface area (Å²) in [7, 11) is -3.55. The average Bonchev–Trinajstić information content (AvgIpc) is 2.01. The molecule has 1 heterocycles. The third kappa shape index (κ3) is 3.24. The predicted octanol–water partition coefficient (Wildman–Crippen LogP) is -1.43. The van der Waals surface area contributed by atoms with Crippen molar-refractivity contribution in [2.45, 2.75) is 24.7 Å². The first-order chi connectivity index (χ1) is 6.39. The van der Waals surface area contributed by atoms with Gasteiger partial charge >= 0.3 is 5.97 Å².